The van der Waals surface area contributed by atoms with Crippen LogP contribution in [0.4, 0.5) is 0 Å². The van der Waals surface area contributed by atoms with Gasteiger partial charge in [-0.05, 0) is 35.0 Å². The van der Waals surface area contributed by atoms with Gasteiger partial charge in [0.25, 0.3) is 0 Å². The monoisotopic (exact) mass is 660 g/mol. The smallest absolute Gasteiger partial charge is 0.348 e. The quantitative estimate of drug-likeness (QED) is 0.117. The maximum Gasteiger partial charge on any atom is 0.428 e. The summed E-state index contributed by atoms with van der Waals surface area (Å²) in [6.07, 6.45) is 0. The normalized spacial score (nSPS) is 14.8. The number of nitrogens with zero attached hydrogens (tertiary/aromatic N) is 4. The van der Waals surface area contributed by atoms with Crippen LogP contribution in [0.2, 0.25) is 0 Å². The third kappa shape index (κ3) is 2.32. The number of hydrogen-bond donors (Lipinski definition) is 0. The van der Waals surface area contributed by atoms with E-state index in [0.29, 0.717) is 0 Å². The standard InChI is InChI=1S/C47H24N4O/c1-3-11-27-25(9-1)17-19-29-31-21-23-37-50-43(31)45-39(33-13-5-7-15-35(33)48(45)41(27)29)47(50)40-34-14-6-8-16-36(34)49-42-28-12-4-2-10-26(28)18-20-30(42)32-22-24-38(52-37)51(47)44(32)46(40)49/h1-24H/q+2. The van der Waals surface area contributed by atoms with Gasteiger partial charge in [0.1, 0.15) is 22.2 Å². The van der Waals surface area contributed by atoms with Gasteiger partial charge in [-0.25, -0.2) is 0 Å². The molecular formula is C47H24N4O+2. The van der Waals surface area contributed by atoms with E-state index in [4.69, 9.17) is 4.74 Å². The Kier molecular flexibility index (Phi) is 3.77. The molecule has 0 radical (unpaired) electrons. The van der Waals surface area contributed by atoms with Crippen LogP contribution < -0.4 is 13.9 Å². The second-order valence-corrected chi connectivity index (χ2v) is 14.8. The molecule has 0 aliphatic carbocycles. The molecule has 6 aromatic heterocycles. The molecule has 236 valence electrons. The Labute approximate surface area is 293 Å². The molecule has 0 saturated heterocycles. The fourth-order valence-corrected chi connectivity index (χ4v) is 11.1. The van der Waals surface area contributed by atoms with E-state index >= 15 is 0 Å². The largest absolute Gasteiger partial charge is 0.428 e. The second kappa shape index (κ2) is 7.83. The van der Waals surface area contributed by atoms with Crippen LogP contribution in [0.1, 0.15) is 11.1 Å². The van der Waals surface area contributed by atoms with Gasteiger partial charge in [-0.3, -0.25) is 0 Å². The highest BCUT2D eigenvalue weighted by Gasteiger charge is 2.72. The van der Waals surface area contributed by atoms with Crippen molar-refractivity contribution in [2.24, 2.45) is 0 Å². The van der Waals surface area contributed by atoms with Crippen LogP contribution in [0.15, 0.2) is 146 Å². The number of aromatic nitrogens is 4. The SMILES string of the molecule is c1ccc2c(c1)ccc1c3ccc4[n+]5c3c3c(c6ccccc6n3c21)C51c2c3ccccc3n3c2c2c(ccc([n+]21)O4)c1ccc2ccccc2c13. The van der Waals surface area contributed by atoms with E-state index in [2.05, 4.69) is 164 Å². The number of ether oxygens (including phenoxy) is 1. The number of pyridine rings is 4. The molecule has 3 aliphatic rings. The molecule has 12 aromatic rings. The Hall–Kier alpha value is -6.98. The van der Waals surface area contributed by atoms with Crippen molar-refractivity contribution in [3.63, 3.8) is 0 Å². The van der Waals surface area contributed by atoms with Crippen LogP contribution in [0.25, 0.3) is 98.0 Å². The number of fused-ring (bicyclic) bond motifs is 16. The third-order valence-corrected chi connectivity index (χ3v) is 12.8. The van der Waals surface area contributed by atoms with Gasteiger partial charge in [0.15, 0.2) is 0 Å². The van der Waals surface area contributed by atoms with Crippen molar-refractivity contribution in [1.29, 1.82) is 0 Å². The van der Waals surface area contributed by atoms with Gasteiger partial charge >= 0.3 is 17.4 Å². The third-order valence-electron chi connectivity index (χ3n) is 12.8. The first-order valence-electron chi connectivity index (χ1n) is 18.0. The van der Waals surface area contributed by atoms with E-state index in [9.17, 15) is 0 Å². The average Bonchev–Trinajstić information content (AvgIpc) is 3.92. The predicted molar refractivity (Wildman–Crippen MR) is 207 cm³/mol. The fraction of sp³-hybridized carbons (Fsp3) is 0.0213. The summed E-state index contributed by atoms with van der Waals surface area (Å²) in [6, 6.07) is 54.0. The predicted octanol–water partition coefficient (Wildman–Crippen LogP) is 10.0. The Morgan fingerprint density at radius 2 is 0.788 bits per heavy atom. The van der Waals surface area contributed by atoms with Gasteiger partial charge in [-0.1, -0.05) is 118 Å². The number of rotatable bonds is 0. The van der Waals surface area contributed by atoms with Crippen molar-refractivity contribution in [2.75, 3.05) is 0 Å². The van der Waals surface area contributed by atoms with Crippen molar-refractivity contribution < 1.29 is 13.9 Å². The van der Waals surface area contributed by atoms with Crippen molar-refractivity contribution in [3.05, 3.63) is 157 Å². The Morgan fingerprint density at radius 1 is 0.365 bits per heavy atom. The maximum absolute atomic E-state index is 7.04. The molecule has 0 atom stereocenters. The van der Waals surface area contributed by atoms with Crippen LogP contribution in [0, 0.1) is 0 Å². The second-order valence-electron chi connectivity index (χ2n) is 14.8. The van der Waals surface area contributed by atoms with Crippen molar-refractivity contribution >= 4 is 98.0 Å². The summed E-state index contributed by atoms with van der Waals surface area (Å²) in [4.78, 5) is 0. The molecule has 15 rings (SSSR count). The van der Waals surface area contributed by atoms with E-state index < -0.39 is 5.66 Å². The van der Waals surface area contributed by atoms with Gasteiger partial charge in [0.05, 0.1) is 45.0 Å². The van der Waals surface area contributed by atoms with Crippen LogP contribution in [0.5, 0.6) is 11.8 Å². The highest BCUT2D eigenvalue weighted by molar-refractivity contribution is 6.25. The molecule has 5 heteroatoms. The summed E-state index contributed by atoms with van der Waals surface area (Å²) < 4.78 is 17.3. The van der Waals surface area contributed by atoms with Crippen LogP contribution in [-0.4, -0.2) is 8.80 Å². The fourth-order valence-electron chi connectivity index (χ4n) is 11.1. The summed E-state index contributed by atoms with van der Waals surface area (Å²) in [5, 5.41) is 12.5. The van der Waals surface area contributed by atoms with Gasteiger partial charge in [0, 0.05) is 32.3 Å². The van der Waals surface area contributed by atoms with Crippen LogP contribution in [0.3, 0.4) is 0 Å². The summed E-state index contributed by atoms with van der Waals surface area (Å²) >= 11 is 0. The zero-order valence-electron chi connectivity index (χ0n) is 27.6. The molecule has 0 saturated carbocycles. The highest BCUT2D eigenvalue weighted by atomic mass is 16.5. The first-order chi connectivity index (χ1) is 25.8. The minimum atomic E-state index is -0.727. The lowest BCUT2D eigenvalue weighted by Gasteiger charge is -2.24. The first-order valence-corrected chi connectivity index (χ1v) is 18.0. The van der Waals surface area contributed by atoms with Gasteiger partial charge in [-0.2, -0.15) is 0 Å². The molecule has 0 fully saturated rings. The minimum Gasteiger partial charge on any atom is -0.348 e. The zero-order chi connectivity index (χ0) is 33.2. The molecule has 0 unspecified atom stereocenters. The molecule has 52 heavy (non-hydrogen) atoms. The molecule has 9 heterocycles. The summed E-state index contributed by atoms with van der Waals surface area (Å²) in [5.74, 6) is 1.72. The van der Waals surface area contributed by atoms with Crippen molar-refractivity contribution in [2.45, 2.75) is 5.66 Å². The van der Waals surface area contributed by atoms with E-state index in [1.165, 1.54) is 109 Å². The summed E-state index contributed by atoms with van der Waals surface area (Å²) in [5.41, 5.74) is 11.8. The highest BCUT2D eigenvalue weighted by Crippen LogP contribution is 2.56. The average molecular weight is 661 g/mol. The molecule has 6 aromatic carbocycles. The number of para-hydroxylation sites is 2. The Bertz CT molecular complexity index is 3540. The minimum absolute atomic E-state index is 0.727. The number of benzene rings is 6. The Morgan fingerprint density at radius 3 is 1.29 bits per heavy atom. The van der Waals surface area contributed by atoms with Gasteiger partial charge in [-0.15, -0.1) is 0 Å². The van der Waals surface area contributed by atoms with Gasteiger partial charge in [0.2, 0.25) is 11.0 Å². The first kappa shape index (κ1) is 25.0. The zero-order valence-corrected chi connectivity index (χ0v) is 27.6. The van der Waals surface area contributed by atoms with E-state index in [-0.39, 0.29) is 0 Å². The molecule has 1 spiro atoms. The van der Waals surface area contributed by atoms with Crippen molar-refractivity contribution in [1.82, 2.24) is 8.80 Å². The lowest BCUT2D eigenvalue weighted by molar-refractivity contribution is -0.958. The van der Waals surface area contributed by atoms with Crippen molar-refractivity contribution in [3.8, 4) is 11.8 Å². The lowest BCUT2D eigenvalue weighted by atomic mass is 9.90. The van der Waals surface area contributed by atoms with E-state index in [1.807, 2.05) is 0 Å². The van der Waals surface area contributed by atoms with E-state index in [0.717, 1.165) is 11.8 Å². The maximum atomic E-state index is 7.04. The summed E-state index contributed by atoms with van der Waals surface area (Å²) in [7, 11) is 0. The topological polar surface area (TPSA) is 25.8 Å². The van der Waals surface area contributed by atoms with Crippen LogP contribution >= 0.6 is 0 Å². The Balaban J connectivity index is 1.31. The lowest BCUT2D eigenvalue weighted by Crippen LogP contribution is -2.74. The van der Waals surface area contributed by atoms with Gasteiger partial charge < -0.3 is 13.5 Å². The molecule has 5 nitrogen and oxygen atoms in total. The molecule has 0 bridgehead atoms. The molecule has 0 N–H and O–H groups in total. The molecular weight excluding hydrogens is 637 g/mol. The molecule has 0 amide bonds. The van der Waals surface area contributed by atoms with E-state index in [1.54, 1.807) is 0 Å². The van der Waals surface area contributed by atoms with Crippen LogP contribution in [-0.2, 0) is 5.66 Å². The molecule has 3 aliphatic heterocycles. The summed E-state index contributed by atoms with van der Waals surface area (Å²) in [6.45, 7) is 0. The number of hydrogen-bond acceptors (Lipinski definition) is 1.